The van der Waals surface area contributed by atoms with Crippen LogP contribution in [0.1, 0.15) is 22.5 Å². The third-order valence-electron chi connectivity index (χ3n) is 1.81. The van der Waals surface area contributed by atoms with Gasteiger partial charge in [0.15, 0.2) is 5.56 Å². The van der Waals surface area contributed by atoms with Gasteiger partial charge in [0.1, 0.15) is 5.75 Å². The van der Waals surface area contributed by atoms with Gasteiger partial charge >= 0.3 is 18.2 Å². The van der Waals surface area contributed by atoms with Gasteiger partial charge < -0.3 is 20.0 Å². The SMILES string of the molecule is COc1cc(C(F)F)nc([N+](=O)[O-])c1C(=O)O. The number of aromatic nitrogens is 1. The summed E-state index contributed by atoms with van der Waals surface area (Å²) in [6.45, 7) is 0. The van der Waals surface area contributed by atoms with E-state index in [0.717, 1.165) is 7.11 Å². The van der Waals surface area contributed by atoms with Crippen LogP contribution >= 0.6 is 0 Å². The van der Waals surface area contributed by atoms with Crippen LogP contribution in [0.3, 0.4) is 0 Å². The Hall–Kier alpha value is -2.32. The molecule has 0 aliphatic rings. The average Bonchev–Trinajstić information content (AvgIpc) is 2.26. The second-order valence-corrected chi connectivity index (χ2v) is 2.81. The number of aromatic carboxylic acids is 1. The third kappa shape index (κ3) is 2.44. The molecule has 1 N–H and O–H groups in total. The number of carboxylic acid groups (broad SMARTS) is 1. The standard InChI is InChI=1S/C8H6F2N2O5/c1-17-4-2-3(6(9)10)11-7(12(15)16)5(4)8(13)14/h2,6H,1H3,(H,13,14). The van der Waals surface area contributed by atoms with Gasteiger partial charge in [0, 0.05) is 6.07 Å². The Labute approximate surface area is 92.8 Å². The van der Waals surface area contributed by atoms with Crippen molar-refractivity contribution in [2.24, 2.45) is 0 Å². The molecule has 0 spiro atoms. The number of pyridine rings is 1. The van der Waals surface area contributed by atoms with Gasteiger partial charge in [0.25, 0.3) is 0 Å². The molecule has 0 saturated heterocycles. The molecule has 1 aromatic rings. The van der Waals surface area contributed by atoms with E-state index in [1.807, 2.05) is 0 Å². The molecule has 92 valence electrons. The topological polar surface area (TPSA) is 103 Å². The number of ether oxygens (including phenoxy) is 1. The summed E-state index contributed by atoms with van der Waals surface area (Å²) < 4.78 is 29.3. The van der Waals surface area contributed by atoms with Crippen LogP contribution in [-0.2, 0) is 0 Å². The Morgan fingerprint density at radius 2 is 2.24 bits per heavy atom. The summed E-state index contributed by atoms with van der Waals surface area (Å²) in [6, 6.07) is 0.654. The summed E-state index contributed by atoms with van der Waals surface area (Å²) in [5.74, 6) is -3.39. The number of halogens is 2. The minimum absolute atomic E-state index is 0.533. The number of carbonyl (C=O) groups is 1. The maximum Gasteiger partial charge on any atom is 0.382 e. The van der Waals surface area contributed by atoms with Gasteiger partial charge in [-0.2, -0.15) is 0 Å². The zero-order valence-corrected chi connectivity index (χ0v) is 8.39. The maximum atomic E-state index is 12.4. The first-order valence-electron chi connectivity index (χ1n) is 4.13. The van der Waals surface area contributed by atoms with Gasteiger partial charge in [0.2, 0.25) is 5.69 Å². The minimum Gasteiger partial charge on any atom is -0.495 e. The third-order valence-corrected chi connectivity index (χ3v) is 1.81. The summed E-state index contributed by atoms with van der Waals surface area (Å²) in [7, 11) is 1.01. The molecule has 0 aliphatic carbocycles. The minimum atomic E-state index is -3.06. The molecule has 7 nitrogen and oxygen atoms in total. The molecule has 0 aromatic carbocycles. The highest BCUT2D eigenvalue weighted by molar-refractivity contribution is 5.94. The quantitative estimate of drug-likeness (QED) is 0.641. The van der Waals surface area contributed by atoms with Crippen LogP contribution in [0.25, 0.3) is 0 Å². The maximum absolute atomic E-state index is 12.4. The first kappa shape index (κ1) is 12.7. The Bertz CT molecular complexity index is 477. The van der Waals surface area contributed by atoms with E-state index in [0.29, 0.717) is 6.07 Å². The van der Waals surface area contributed by atoms with Crippen LogP contribution in [0.2, 0.25) is 0 Å². The molecule has 17 heavy (non-hydrogen) atoms. The van der Waals surface area contributed by atoms with Gasteiger partial charge in [-0.25, -0.2) is 13.6 Å². The molecule has 0 radical (unpaired) electrons. The van der Waals surface area contributed by atoms with E-state index in [4.69, 9.17) is 5.11 Å². The highest BCUT2D eigenvalue weighted by Crippen LogP contribution is 2.31. The first-order chi connectivity index (χ1) is 7.88. The second-order valence-electron chi connectivity index (χ2n) is 2.81. The number of hydrogen-bond acceptors (Lipinski definition) is 5. The molecule has 0 atom stereocenters. The normalized spacial score (nSPS) is 10.4. The smallest absolute Gasteiger partial charge is 0.382 e. The zero-order valence-electron chi connectivity index (χ0n) is 8.39. The Morgan fingerprint density at radius 3 is 2.59 bits per heavy atom. The van der Waals surface area contributed by atoms with E-state index < -0.39 is 40.1 Å². The van der Waals surface area contributed by atoms with Crippen molar-refractivity contribution in [3.63, 3.8) is 0 Å². The highest BCUT2D eigenvalue weighted by atomic mass is 19.3. The summed E-state index contributed by atoms with van der Waals surface area (Å²) in [4.78, 5) is 23.2. The highest BCUT2D eigenvalue weighted by Gasteiger charge is 2.31. The molecular formula is C8H6F2N2O5. The monoisotopic (exact) mass is 248 g/mol. The van der Waals surface area contributed by atoms with E-state index in [2.05, 4.69) is 9.72 Å². The van der Waals surface area contributed by atoms with Gasteiger partial charge in [-0.3, -0.25) is 0 Å². The molecule has 1 rings (SSSR count). The molecule has 0 fully saturated rings. The van der Waals surface area contributed by atoms with Crippen LogP contribution in [0, 0.1) is 10.1 Å². The molecule has 0 bridgehead atoms. The lowest BCUT2D eigenvalue weighted by molar-refractivity contribution is -0.390. The average molecular weight is 248 g/mol. The number of nitrogens with zero attached hydrogens (tertiary/aromatic N) is 2. The van der Waals surface area contributed by atoms with Crippen molar-refractivity contribution in [2.45, 2.75) is 6.43 Å². The largest absolute Gasteiger partial charge is 0.495 e. The van der Waals surface area contributed by atoms with Crippen molar-refractivity contribution >= 4 is 11.8 Å². The second kappa shape index (κ2) is 4.68. The fourth-order valence-electron chi connectivity index (χ4n) is 1.13. The fourth-order valence-corrected chi connectivity index (χ4v) is 1.13. The van der Waals surface area contributed by atoms with Crippen LogP contribution in [0.4, 0.5) is 14.6 Å². The van der Waals surface area contributed by atoms with Gasteiger partial charge in [0.05, 0.1) is 7.11 Å². The van der Waals surface area contributed by atoms with Crippen molar-refractivity contribution in [1.29, 1.82) is 0 Å². The Morgan fingerprint density at radius 1 is 1.65 bits per heavy atom. The van der Waals surface area contributed by atoms with E-state index in [9.17, 15) is 23.7 Å². The molecule has 0 unspecified atom stereocenters. The first-order valence-corrected chi connectivity index (χ1v) is 4.13. The fraction of sp³-hybridized carbons (Fsp3) is 0.250. The number of rotatable bonds is 4. The van der Waals surface area contributed by atoms with Crippen LogP contribution in [-0.4, -0.2) is 28.1 Å². The van der Waals surface area contributed by atoms with Crippen LogP contribution < -0.4 is 4.74 Å². The van der Waals surface area contributed by atoms with E-state index in [1.165, 1.54) is 0 Å². The van der Waals surface area contributed by atoms with Crippen molar-refractivity contribution in [3.05, 3.63) is 27.4 Å². The predicted octanol–water partition coefficient (Wildman–Crippen LogP) is 1.63. The van der Waals surface area contributed by atoms with Crippen molar-refractivity contribution < 1.29 is 28.3 Å². The number of nitro groups is 1. The zero-order chi connectivity index (χ0) is 13.2. The van der Waals surface area contributed by atoms with Crippen molar-refractivity contribution in [2.75, 3.05) is 7.11 Å². The van der Waals surface area contributed by atoms with Gasteiger partial charge in [-0.15, -0.1) is 0 Å². The van der Waals surface area contributed by atoms with Gasteiger partial charge in [-0.05, 0) is 9.91 Å². The summed E-state index contributed by atoms with van der Waals surface area (Å²) in [5, 5.41) is 19.3. The summed E-state index contributed by atoms with van der Waals surface area (Å²) in [5.41, 5.74) is -1.78. The number of carboxylic acids is 1. The van der Waals surface area contributed by atoms with E-state index in [-0.39, 0.29) is 0 Å². The molecule has 0 amide bonds. The molecule has 0 saturated carbocycles. The van der Waals surface area contributed by atoms with Crippen LogP contribution in [0.5, 0.6) is 5.75 Å². The predicted molar refractivity (Wildman–Crippen MR) is 49.4 cm³/mol. The number of methoxy groups -OCH3 is 1. The lowest BCUT2D eigenvalue weighted by atomic mass is 10.2. The van der Waals surface area contributed by atoms with E-state index >= 15 is 0 Å². The van der Waals surface area contributed by atoms with Crippen molar-refractivity contribution in [3.8, 4) is 5.75 Å². The van der Waals surface area contributed by atoms with Crippen molar-refractivity contribution in [1.82, 2.24) is 4.98 Å². The Balaban J connectivity index is 3.57. The Kier molecular flexibility index (Phi) is 3.51. The van der Waals surface area contributed by atoms with E-state index in [1.54, 1.807) is 0 Å². The number of hydrogen-bond donors (Lipinski definition) is 1. The lowest BCUT2D eigenvalue weighted by Gasteiger charge is -2.06. The molecule has 0 aliphatic heterocycles. The summed E-state index contributed by atoms with van der Waals surface area (Å²) in [6.07, 6.45) is -3.06. The molecule has 1 heterocycles. The molecular weight excluding hydrogens is 242 g/mol. The number of alkyl halides is 2. The lowest BCUT2D eigenvalue weighted by Crippen LogP contribution is -2.09. The molecule has 9 heteroatoms. The molecule has 1 aromatic heterocycles. The van der Waals surface area contributed by atoms with Crippen LogP contribution in [0.15, 0.2) is 6.07 Å². The summed E-state index contributed by atoms with van der Waals surface area (Å²) >= 11 is 0. The van der Waals surface area contributed by atoms with Gasteiger partial charge in [-0.1, -0.05) is 0 Å².